The highest BCUT2D eigenvalue weighted by molar-refractivity contribution is 7.13. The van der Waals surface area contributed by atoms with Crippen molar-refractivity contribution in [2.24, 2.45) is 0 Å². The second-order valence-corrected chi connectivity index (χ2v) is 6.44. The summed E-state index contributed by atoms with van der Waals surface area (Å²) in [6.07, 6.45) is 0.510. The normalized spacial score (nSPS) is 11.2. The zero-order chi connectivity index (χ0) is 15.3. The number of urea groups is 1. The van der Waals surface area contributed by atoms with E-state index in [1.807, 2.05) is 55.6 Å². The first-order chi connectivity index (χ1) is 10.00. The zero-order valence-electron chi connectivity index (χ0n) is 12.2. The van der Waals surface area contributed by atoms with Crippen LogP contribution in [0.4, 0.5) is 10.5 Å². The first-order valence-corrected chi connectivity index (χ1v) is 7.72. The number of aliphatic hydroxyl groups is 1. The molecule has 112 valence electrons. The number of benzene rings is 1. The number of carbonyl (C=O) groups excluding carboxylic acids is 1. The van der Waals surface area contributed by atoms with Crippen molar-refractivity contribution in [1.82, 2.24) is 5.32 Å². The maximum atomic E-state index is 12.0. The Morgan fingerprint density at radius 2 is 2.10 bits per heavy atom. The van der Waals surface area contributed by atoms with Crippen LogP contribution in [0.25, 0.3) is 10.4 Å². The molecule has 0 aliphatic rings. The van der Waals surface area contributed by atoms with Crippen molar-refractivity contribution in [3.05, 3.63) is 41.8 Å². The van der Waals surface area contributed by atoms with Crippen LogP contribution in [0.3, 0.4) is 0 Å². The molecule has 2 amide bonds. The smallest absolute Gasteiger partial charge is 0.319 e. The Bertz CT molecular complexity index is 594. The van der Waals surface area contributed by atoms with Crippen LogP contribution >= 0.6 is 11.3 Å². The Balaban J connectivity index is 2.03. The predicted molar refractivity (Wildman–Crippen MR) is 87.7 cm³/mol. The van der Waals surface area contributed by atoms with Crippen LogP contribution in [-0.4, -0.2) is 23.3 Å². The van der Waals surface area contributed by atoms with E-state index in [4.69, 9.17) is 5.11 Å². The van der Waals surface area contributed by atoms with Gasteiger partial charge < -0.3 is 15.7 Å². The number of thiophene rings is 1. The van der Waals surface area contributed by atoms with Gasteiger partial charge in [-0.25, -0.2) is 4.79 Å². The number of rotatable bonds is 5. The van der Waals surface area contributed by atoms with Crippen LogP contribution in [0.15, 0.2) is 41.8 Å². The van der Waals surface area contributed by atoms with Gasteiger partial charge in [0, 0.05) is 22.7 Å². The van der Waals surface area contributed by atoms with Crippen LogP contribution < -0.4 is 10.6 Å². The molecule has 0 atom stereocenters. The molecule has 0 aliphatic carbocycles. The minimum atomic E-state index is -0.440. The number of nitrogens with one attached hydrogen (secondary N) is 2. The van der Waals surface area contributed by atoms with Crippen LogP contribution in [0, 0.1) is 0 Å². The fourth-order valence-electron chi connectivity index (χ4n) is 2.00. The van der Waals surface area contributed by atoms with E-state index in [9.17, 15) is 4.79 Å². The van der Waals surface area contributed by atoms with Gasteiger partial charge in [-0.2, -0.15) is 0 Å². The number of amides is 2. The third-order valence-electron chi connectivity index (χ3n) is 3.11. The fraction of sp³-hybridized carbons (Fsp3) is 0.312. The van der Waals surface area contributed by atoms with E-state index < -0.39 is 5.54 Å². The molecule has 0 radical (unpaired) electrons. The van der Waals surface area contributed by atoms with Gasteiger partial charge in [0.05, 0.1) is 0 Å². The highest BCUT2D eigenvalue weighted by Crippen LogP contribution is 2.26. The van der Waals surface area contributed by atoms with Gasteiger partial charge in [0.2, 0.25) is 0 Å². The second-order valence-electron chi connectivity index (χ2n) is 5.49. The van der Waals surface area contributed by atoms with Crippen molar-refractivity contribution in [3.63, 3.8) is 0 Å². The second kappa shape index (κ2) is 6.74. The molecule has 1 aromatic heterocycles. The SMILES string of the molecule is CC(C)(CCO)NC(=O)Nc1cccc(-c2cccs2)c1. The monoisotopic (exact) mass is 304 g/mol. The molecule has 0 saturated carbocycles. The Kier molecular flexibility index (Phi) is 4.98. The third kappa shape index (κ3) is 4.58. The van der Waals surface area contributed by atoms with Crippen molar-refractivity contribution in [3.8, 4) is 10.4 Å². The van der Waals surface area contributed by atoms with E-state index in [0.29, 0.717) is 6.42 Å². The lowest BCUT2D eigenvalue weighted by atomic mass is 10.0. The van der Waals surface area contributed by atoms with Crippen LogP contribution in [0.1, 0.15) is 20.3 Å². The summed E-state index contributed by atoms with van der Waals surface area (Å²) in [7, 11) is 0. The molecule has 0 spiro atoms. The predicted octanol–water partition coefficient (Wildman–Crippen LogP) is 3.70. The number of aliphatic hydroxyl groups excluding tert-OH is 1. The van der Waals surface area contributed by atoms with Crippen molar-refractivity contribution in [2.45, 2.75) is 25.8 Å². The number of hydrogen-bond donors (Lipinski definition) is 3. The lowest BCUT2D eigenvalue weighted by molar-refractivity contribution is 0.218. The van der Waals surface area contributed by atoms with Crippen molar-refractivity contribution >= 4 is 23.1 Å². The van der Waals surface area contributed by atoms with E-state index in [1.54, 1.807) is 11.3 Å². The number of carbonyl (C=O) groups is 1. The van der Waals surface area contributed by atoms with Gasteiger partial charge in [0.1, 0.15) is 0 Å². The molecule has 0 saturated heterocycles. The van der Waals surface area contributed by atoms with Crippen molar-refractivity contribution in [2.75, 3.05) is 11.9 Å². The van der Waals surface area contributed by atoms with Gasteiger partial charge in [0.15, 0.2) is 0 Å². The molecule has 1 heterocycles. The van der Waals surface area contributed by atoms with E-state index in [1.165, 1.54) is 4.88 Å². The maximum Gasteiger partial charge on any atom is 0.319 e. The van der Waals surface area contributed by atoms with Gasteiger partial charge in [0.25, 0.3) is 0 Å². The number of anilines is 1. The zero-order valence-corrected chi connectivity index (χ0v) is 13.0. The molecule has 5 heteroatoms. The van der Waals surface area contributed by atoms with Crippen LogP contribution in [-0.2, 0) is 0 Å². The maximum absolute atomic E-state index is 12.0. The molecule has 2 aromatic rings. The highest BCUT2D eigenvalue weighted by Gasteiger charge is 2.19. The quantitative estimate of drug-likeness (QED) is 0.789. The van der Waals surface area contributed by atoms with Crippen LogP contribution in [0.5, 0.6) is 0 Å². The van der Waals surface area contributed by atoms with E-state index in [-0.39, 0.29) is 12.6 Å². The summed E-state index contributed by atoms with van der Waals surface area (Å²) in [6, 6.07) is 11.5. The molecule has 3 N–H and O–H groups in total. The Morgan fingerprint density at radius 1 is 1.29 bits per heavy atom. The molecule has 0 bridgehead atoms. The largest absolute Gasteiger partial charge is 0.396 e. The first kappa shape index (κ1) is 15.5. The topological polar surface area (TPSA) is 61.4 Å². The molecular formula is C16H20N2O2S. The average molecular weight is 304 g/mol. The lowest BCUT2D eigenvalue weighted by Crippen LogP contribution is -2.46. The van der Waals surface area contributed by atoms with Gasteiger partial charge in [-0.1, -0.05) is 18.2 Å². The molecule has 0 unspecified atom stereocenters. The minimum absolute atomic E-state index is 0.0428. The standard InChI is InChI=1S/C16H20N2O2S/c1-16(2,8-9-19)18-15(20)17-13-6-3-5-12(11-13)14-7-4-10-21-14/h3-7,10-11,19H,8-9H2,1-2H3,(H2,17,18,20). The van der Waals surface area contributed by atoms with Crippen molar-refractivity contribution < 1.29 is 9.90 Å². The van der Waals surface area contributed by atoms with Gasteiger partial charge >= 0.3 is 6.03 Å². The van der Waals surface area contributed by atoms with E-state index in [2.05, 4.69) is 10.6 Å². The molecule has 0 fully saturated rings. The molecule has 4 nitrogen and oxygen atoms in total. The molecule has 2 rings (SSSR count). The summed E-state index contributed by atoms with van der Waals surface area (Å²) in [5.41, 5.74) is 1.39. The average Bonchev–Trinajstić information content (AvgIpc) is 2.91. The summed E-state index contributed by atoms with van der Waals surface area (Å²) in [5, 5.41) is 16.7. The van der Waals surface area contributed by atoms with Crippen molar-refractivity contribution in [1.29, 1.82) is 0 Å². The van der Waals surface area contributed by atoms with Crippen LogP contribution in [0.2, 0.25) is 0 Å². The minimum Gasteiger partial charge on any atom is -0.396 e. The summed E-state index contributed by atoms with van der Waals surface area (Å²) < 4.78 is 0. The molecular weight excluding hydrogens is 284 g/mol. The highest BCUT2D eigenvalue weighted by atomic mass is 32.1. The Hall–Kier alpha value is -1.85. The first-order valence-electron chi connectivity index (χ1n) is 6.84. The molecule has 1 aromatic carbocycles. The van der Waals surface area contributed by atoms with Gasteiger partial charge in [-0.15, -0.1) is 11.3 Å². The van der Waals surface area contributed by atoms with E-state index in [0.717, 1.165) is 11.3 Å². The fourth-order valence-corrected chi connectivity index (χ4v) is 2.73. The van der Waals surface area contributed by atoms with Gasteiger partial charge in [-0.05, 0) is 49.4 Å². The summed E-state index contributed by atoms with van der Waals surface area (Å²) >= 11 is 1.66. The molecule has 21 heavy (non-hydrogen) atoms. The Morgan fingerprint density at radius 3 is 2.76 bits per heavy atom. The number of hydrogen-bond acceptors (Lipinski definition) is 3. The summed E-state index contributed by atoms with van der Waals surface area (Å²) in [4.78, 5) is 13.2. The Labute approximate surface area is 128 Å². The molecule has 0 aliphatic heterocycles. The van der Waals surface area contributed by atoms with Gasteiger partial charge in [-0.3, -0.25) is 0 Å². The summed E-state index contributed by atoms with van der Waals surface area (Å²) in [5.74, 6) is 0. The summed E-state index contributed by atoms with van der Waals surface area (Å²) in [6.45, 7) is 3.80. The van der Waals surface area contributed by atoms with E-state index >= 15 is 0 Å². The lowest BCUT2D eigenvalue weighted by Gasteiger charge is -2.25. The third-order valence-corrected chi connectivity index (χ3v) is 4.03.